The van der Waals surface area contributed by atoms with E-state index >= 15 is 0 Å². The van der Waals surface area contributed by atoms with Gasteiger partial charge in [-0.05, 0) is 42.0 Å². The molecular weight excluding hydrogens is 527 g/mol. The van der Waals surface area contributed by atoms with Crippen molar-refractivity contribution in [1.82, 2.24) is 14.8 Å². The molecule has 0 spiro atoms. The van der Waals surface area contributed by atoms with Crippen LogP contribution < -0.4 is 15.4 Å². The summed E-state index contributed by atoms with van der Waals surface area (Å²) in [7, 11) is 1.49. The van der Waals surface area contributed by atoms with Gasteiger partial charge in [0, 0.05) is 39.3 Å². The average Bonchev–Trinajstić information content (AvgIpc) is 3.38. The molecule has 4 amide bonds. The lowest BCUT2D eigenvalue weighted by Crippen LogP contribution is -2.38. The van der Waals surface area contributed by atoms with E-state index in [0.29, 0.717) is 28.0 Å². The summed E-state index contributed by atoms with van der Waals surface area (Å²) < 4.78 is 7.24. The SMILES string of the molecule is COc1ccccc1NC(=O)CN1C(=O)N/C(=C/c2cn(Cc3ccc(Cl)cc3Cl)c3ccccc23)C1=O. The number of rotatable bonds is 7. The van der Waals surface area contributed by atoms with E-state index in [1.807, 2.05) is 41.1 Å². The molecule has 0 unspecified atom stereocenters. The second-order valence-corrected chi connectivity index (χ2v) is 9.44. The van der Waals surface area contributed by atoms with E-state index in [9.17, 15) is 14.4 Å². The van der Waals surface area contributed by atoms with Crippen LogP contribution in [0, 0.1) is 0 Å². The number of hydrogen-bond acceptors (Lipinski definition) is 4. The second kappa shape index (κ2) is 10.6. The quantitative estimate of drug-likeness (QED) is 0.234. The number of halogens is 2. The predicted octanol–water partition coefficient (Wildman–Crippen LogP) is 5.54. The monoisotopic (exact) mass is 548 g/mol. The van der Waals surface area contributed by atoms with Gasteiger partial charge < -0.3 is 19.9 Å². The molecule has 3 aromatic carbocycles. The number of benzene rings is 3. The van der Waals surface area contributed by atoms with Gasteiger partial charge in [0.2, 0.25) is 5.91 Å². The van der Waals surface area contributed by atoms with Gasteiger partial charge in [-0.15, -0.1) is 0 Å². The highest BCUT2D eigenvalue weighted by atomic mass is 35.5. The number of ether oxygens (including phenoxy) is 1. The minimum absolute atomic E-state index is 0.0764. The van der Waals surface area contributed by atoms with Gasteiger partial charge in [0.15, 0.2) is 0 Å². The number of para-hydroxylation sites is 3. The first kappa shape index (κ1) is 25.4. The van der Waals surface area contributed by atoms with Crippen molar-refractivity contribution in [3.05, 3.63) is 99.8 Å². The number of aromatic nitrogens is 1. The zero-order valence-corrected chi connectivity index (χ0v) is 21.7. The van der Waals surface area contributed by atoms with Crippen LogP contribution in [0.15, 0.2) is 78.6 Å². The van der Waals surface area contributed by atoms with Crippen LogP contribution in [0.4, 0.5) is 10.5 Å². The van der Waals surface area contributed by atoms with Crippen molar-refractivity contribution in [3.8, 4) is 5.75 Å². The largest absolute Gasteiger partial charge is 0.495 e. The minimum atomic E-state index is -0.673. The minimum Gasteiger partial charge on any atom is -0.495 e. The van der Waals surface area contributed by atoms with Crippen molar-refractivity contribution >= 4 is 63.7 Å². The molecule has 1 aromatic heterocycles. The fourth-order valence-electron chi connectivity index (χ4n) is 4.31. The highest BCUT2D eigenvalue weighted by Gasteiger charge is 2.35. The number of methoxy groups -OCH3 is 1. The summed E-state index contributed by atoms with van der Waals surface area (Å²) in [6.07, 6.45) is 3.50. The van der Waals surface area contributed by atoms with Gasteiger partial charge in [-0.3, -0.25) is 9.59 Å². The Morgan fingerprint density at radius 3 is 2.61 bits per heavy atom. The first-order chi connectivity index (χ1) is 18.3. The Morgan fingerprint density at radius 2 is 1.82 bits per heavy atom. The van der Waals surface area contributed by atoms with Gasteiger partial charge in [0.05, 0.1) is 12.8 Å². The number of imide groups is 1. The fourth-order valence-corrected chi connectivity index (χ4v) is 4.77. The molecule has 2 N–H and O–H groups in total. The van der Waals surface area contributed by atoms with Crippen molar-refractivity contribution in [1.29, 1.82) is 0 Å². The van der Waals surface area contributed by atoms with Gasteiger partial charge in [0.1, 0.15) is 18.0 Å². The van der Waals surface area contributed by atoms with Crippen LogP contribution in [0.1, 0.15) is 11.1 Å². The summed E-state index contributed by atoms with van der Waals surface area (Å²) in [6, 6.07) is 19.3. The summed E-state index contributed by atoms with van der Waals surface area (Å²) in [5, 5.41) is 7.25. The third-order valence-corrected chi connectivity index (χ3v) is 6.71. The van der Waals surface area contributed by atoms with Gasteiger partial charge in [-0.1, -0.05) is 59.6 Å². The van der Waals surface area contributed by atoms with E-state index in [-0.39, 0.29) is 5.70 Å². The molecule has 0 saturated carbocycles. The number of urea groups is 1. The van der Waals surface area contributed by atoms with Crippen LogP contribution in [0.2, 0.25) is 10.0 Å². The van der Waals surface area contributed by atoms with Gasteiger partial charge >= 0.3 is 6.03 Å². The standard InChI is InChI=1S/C28H22Cl2N4O4/c1-38-25-9-5-3-7-22(25)31-26(35)16-34-27(36)23(32-28(34)37)12-18-15-33(24-8-4-2-6-20(18)24)14-17-10-11-19(29)13-21(17)30/h2-13,15H,14,16H2,1H3,(H,31,35)(H,32,37)/b23-12+. The summed E-state index contributed by atoms with van der Waals surface area (Å²) in [5.41, 5.74) is 3.06. The highest BCUT2D eigenvalue weighted by Crippen LogP contribution is 2.28. The first-order valence-electron chi connectivity index (χ1n) is 11.6. The normalized spacial score (nSPS) is 14.3. The molecule has 1 aliphatic heterocycles. The van der Waals surface area contributed by atoms with Crippen molar-refractivity contribution in [3.63, 3.8) is 0 Å². The van der Waals surface area contributed by atoms with E-state index in [1.165, 1.54) is 7.11 Å². The molecule has 38 heavy (non-hydrogen) atoms. The van der Waals surface area contributed by atoms with Crippen molar-refractivity contribution in [2.24, 2.45) is 0 Å². The van der Waals surface area contributed by atoms with Crippen molar-refractivity contribution < 1.29 is 19.1 Å². The molecule has 1 saturated heterocycles. The number of carbonyl (C=O) groups excluding carboxylic acids is 3. The molecular formula is C28H22Cl2N4O4. The molecule has 5 rings (SSSR count). The number of carbonyl (C=O) groups is 3. The Labute approximate surface area is 228 Å². The Morgan fingerprint density at radius 1 is 1.05 bits per heavy atom. The van der Waals surface area contributed by atoms with Crippen LogP contribution in [-0.4, -0.2) is 41.0 Å². The molecule has 2 heterocycles. The van der Waals surface area contributed by atoms with Gasteiger partial charge in [-0.25, -0.2) is 9.69 Å². The Bertz CT molecular complexity index is 1610. The van der Waals surface area contributed by atoms with Crippen molar-refractivity contribution in [2.45, 2.75) is 6.54 Å². The Balaban J connectivity index is 1.38. The molecule has 192 valence electrons. The molecule has 1 fully saturated rings. The topological polar surface area (TPSA) is 92.7 Å². The zero-order valence-electron chi connectivity index (χ0n) is 20.2. The summed E-state index contributed by atoms with van der Waals surface area (Å²) >= 11 is 12.4. The lowest BCUT2D eigenvalue weighted by molar-refractivity contribution is -0.127. The third-order valence-electron chi connectivity index (χ3n) is 6.12. The van der Waals surface area contributed by atoms with E-state index in [0.717, 1.165) is 26.9 Å². The summed E-state index contributed by atoms with van der Waals surface area (Å²) in [5.74, 6) is -0.659. The molecule has 0 radical (unpaired) electrons. The van der Waals surface area contributed by atoms with Crippen LogP contribution in [0.3, 0.4) is 0 Å². The van der Waals surface area contributed by atoms with Crippen LogP contribution in [0.25, 0.3) is 17.0 Å². The van der Waals surface area contributed by atoms with E-state index in [2.05, 4.69) is 10.6 Å². The molecule has 8 nitrogen and oxygen atoms in total. The van der Waals surface area contributed by atoms with Gasteiger partial charge in [0.25, 0.3) is 5.91 Å². The Hall–Kier alpha value is -4.27. The maximum absolute atomic E-state index is 13.1. The number of fused-ring (bicyclic) bond motifs is 1. The molecule has 4 aromatic rings. The van der Waals surface area contributed by atoms with E-state index in [1.54, 1.807) is 42.5 Å². The van der Waals surface area contributed by atoms with E-state index in [4.69, 9.17) is 27.9 Å². The maximum atomic E-state index is 13.1. The van der Waals surface area contributed by atoms with Crippen LogP contribution in [-0.2, 0) is 16.1 Å². The zero-order chi connectivity index (χ0) is 26.8. The Kier molecular flexibility index (Phi) is 7.09. The van der Waals surface area contributed by atoms with Crippen molar-refractivity contribution in [2.75, 3.05) is 19.0 Å². The third kappa shape index (κ3) is 5.09. The van der Waals surface area contributed by atoms with Gasteiger partial charge in [-0.2, -0.15) is 0 Å². The van der Waals surface area contributed by atoms with Crippen LogP contribution >= 0.6 is 23.2 Å². The van der Waals surface area contributed by atoms with Crippen LogP contribution in [0.5, 0.6) is 5.75 Å². The smallest absolute Gasteiger partial charge is 0.329 e. The van der Waals surface area contributed by atoms with E-state index < -0.39 is 24.4 Å². The molecule has 0 aliphatic carbocycles. The number of nitrogens with zero attached hydrogens (tertiary/aromatic N) is 2. The molecule has 10 heteroatoms. The summed E-state index contributed by atoms with van der Waals surface area (Å²) in [6.45, 7) is 0.0338. The number of hydrogen-bond donors (Lipinski definition) is 2. The fraction of sp³-hybridized carbons (Fsp3) is 0.107. The maximum Gasteiger partial charge on any atom is 0.329 e. The first-order valence-corrected chi connectivity index (χ1v) is 12.4. The summed E-state index contributed by atoms with van der Waals surface area (Å²) in [4.78, 5) is 39.1. The number of amides is 4. The average molecular weight is 549 g/mol. The number of anilines is 1. The highest BCUT2D eigenvalue weighted by molar-refractivity contribution is 6.35. The number of nitrogens with one attached hydrogen (secondary N) is 2. The second-order valence-electron chi connectivity index (χ2n) is 8.59. The molecule has 0 bridgehead atoms. The lowest BCUT2D eigenvalue weighted by Gasteiger charge is -2.13. The molecule has 1 aliphatic rings. The predicted molar refractivity (Wildman–Crippen MR) is 147 cm³/mol. The molecule has 0 atom stereocenters. The lowest BCUT2D eigenvalue weighted by atomic mass is 10.1.